The summed E-state index contributed by atoms with van der Waals surface area (Å²) in [6, 6.07) is 0. The third-order valence-electron chi connectivity index (χ3n) is 0.747. The molecule has 3 heteroatoms. The fourth-order valence-corrected chi connectivity index (χ4v) is 0. The van der Waals surface area contributed by atoms with Gasteiger partial charge < -0.3 is 5.11 Å². The van der Waals surface area contributed by atoms with Gasteiger partial charge in [-0.1, -0.05) is 0 Å². The summed E-state index contributed by atoms with van der Waals surface area (Å²) in [6.07, 6.45) is -0.315. The van der Waals surface area contributed by atoms with Crippen LogP contribution in [0.5, 0.6) is 0 Å². The Morgan fingerprint density at radius 1 is 1.43 bits per heavy atom. The van der Waals surface area contributed by atoms with Crippen molar-refractivity contribution in [1.29, 1.82) is 0 Å². The third-order valence-corrected chi connectivity index (χ3v) is 0.747. The molecule has 0 saturated heterocycles. The van der Waals surface area contributed by atoms with Gasteiger partial charge in [0.25, 0.3) is 0 Å². The van der Waals surface area contributed by atoms with Crippen molar-refractivity contribution in [2.75, 3.05) is 14.1 Å². The van der Waals surface area contributed by atoms with Crippen LogP contribution in [0.15, 0.2) is 0 Å². The van der Waals surface area contributed by atoms with Crippen LogP contribution in [0, 0.1) is 0 Å². The average Bonchev–Trinajstić information content (AvgIpc) is 1.36. The Labute approximate surface area is 81.8 Å². The second-order valence-electron chi connectivity index (χ2n) is 1.60. The van der Waals surface area contributed by atoms with E-state index in [4.69, 9.17) is 5.11 Å². The Bertz CT molecular complexity index is 32.7. The van der Waals surface area contributed by atoms with Crippen LogP contribution >= 0.6 is 0 Å². The third kappa shape index (κ3) is 7.40. The second kappa shape index (κ2) is 5.54. The minimum absolute atomic E-state index is 0. The SMILES string of the molecule is CC(O)N(C)C.[SrH2]. The van der Waals surface area contributed by atoms with E-state index in [2.05, 4.69) is 0 Å². The molecular formula is C4H13NOSr. The maximum absolute atomic E-state index is 8.56. The molecule has 0 rings (SSSR count). The molecule has 7 heavy (non-hydrogen) atoms. The summed E-state index contributed by atoms with van der Waals surface area (Å²) in [4.78, 5) is 1.72. The van der Waals surface area contributed by atoms with Gasteiger partial charge in [0.05, 0.1) is 0 Å². The van der Waals surface area contributed by atoms with E-state index < -0.39 is 0 Å². The van der Waals surface area contributed by atoms with Gasteiger partial charge in [0, 0.05) is 0 Å². The molecule has 2 nitrogen and oxygen atoms in total. The van der Waals surface area contributed by atoms with E-state index >= 15 is 0 Å². The van der Waals surface area contributed by atoms with Crippen LogP contribution in [-0.4, -0.2) is 75.8 Å². The first kappa shape index (κ1) is 11.2. The van der Waals surface area contributed by atoms with Crippen LogP contribution in [0.3, 0.4) is 0 Å². The van der Waals surface area contributed by atoms with Crippen molar-refractivity contribution in [3.8, 4) is 0 Å². The van der Waals surface area contributed by atoms with E-state index in [1.165, 1.54) is 0 Å². The van der Waals surface area contributed by atoms with Crippen LogP contribution in [0.25, 0.3) is 0 Å². The summed E-state index contributed by atoms with van der Waals surface area (Å²) in [6.45, 7) is 1.72. The van der Waals surface area contributed by atoms with Gasteiger partial charge in [-0.3, -0.25) is 4.90 Å². The zero-order valence-corrected chi connectivity index (χ0v) is 4.47. The van der Waals surface area contributed by atoms with Crippen LogP contribution in [0.1, 0.15) is 6.92 Å². The van der Waals surface area contributed by atoms with Gasteiger partial charge in [-0.2, -0.15) is 0 Å². The van der Waals surface area contributed by atoms with Crippen LogP contribution in [-0.2, 0) is 0 Å². The summed E-state index contributed by atoms with van der Waals surface area (Å²) >= 11 is 0. The van der Waals surface area contributed by atoms with Crippen LogP contribution in [0.4, 0.5) is 0 Å². The van der Waals surface area contributed by atoms with E-state index in [1.54, 1.807) is 11.8 Å². The van der Waals surface area contributed by atoms with Crippen molar-refractivity contribution in [3.05, 3.63) is 0 Å². The standard InChI is InChI=1S/C4H11NO.Sr.2H/c1-4(6)5(2)3;;;/h4,6H,1-3H3;;;. The van der Waals surface area contributed by atoms with Crippen molar-refractivity contribution in [2.45, 2.75) is 13.2 Å². The molecule has 0 bridgehead atoms. The van der Waals surface area contributed by atoms with Crippen LogP contribution < -0.4 is 0 Å². The molecular weight excluding hydrogens is 166 g/mol. The first-order chi connectivity index (χ1) is 2.64. The van der Waals surface area contributed by atoms with Crippen molar-refractivity contribution < 1.29 is 5.11 Å². The molecule has 42 valence electrons. The summed E-state index contributed by atoms with van der Waals surface area (Å²) in [5, 5.41) is 8.56. The second-order valence-corrected chi connectivity index (χ2v) is 1.60. The van der Waals surface area contributed by atoms with Gasteiger partial charge in [0.2, 0.25) is 0 Å². The van der Waals surface area contributed by atoms with Crippen molar-refractivity contribution in [2.24, 2.45) is 0 Å². The van der Waals surface area contributed by atoms with Crippen molar-refractivity contribution in [3.63, 3.8) is 0 Å². The molecule has 0 heterocycles. The molecule has 0 fully saturated rings. The summed E-state index contributed by atoms with van der Waals surface area (Å²) in [5.41, 5.74) is 0. The number of aliphatic hydroxyl groups excluding tert-OH is 1. The van der Waals surface area contributed by atoms with E-state index in [0.29, 0.717) is 0 Å². The number of hydrogen-bond acceptors (Lipinski definition) is 2. The predicted octanol–water partition coefficient (Wildman–Crippen LogP) is -1.03. The Morgan fingerprint density at radius 2 is 1.57 bits per heavy atom. The van der Waals surface area contributed by atoms with Gasteiger partial charge >= 0.3 is 45.5 Å². The number of aliphatic hydroxyl groups is 1. The molecule has 1 atom stereocenters. The molecule has 0 aliphatic rings. The number of hydrogen-bond donors (Lipinski definition) is 1. The molecule has 1 N–H and O–H groups in total. The molecule has 0 aliphatic heterocycles. The molecule has 0 aromatic heterocycles. The monoisotopic (exact) mass is 179 g/mol. The molecule has 0 aromatic rings. The van der Waals surface area contributed by atoms with Gasteiger partial charge in [0.1, 0.15) is 6.23 Å². The van der Waals surface area contributed by atoms with Gasteiger partial charge in [-0.15, -0.1) is 0 Å². The van der Waals surface area contributed by atoms with E-state index in [-0.39, 0.29) is 51.7 Å². The van der Waals surface area contributed by atoms with Gasteiger partial charge in [-0.25, -0.2) is 0 Å². The average molecular weight is 179 g/mol. The normalized spacial score (nSPS) is 13.3. The Morgan fingerprint density at radius 3 is 1.57 bits per heavy atom. The molecule has 0 aromatic carbocycles. The molecule has 0 aliphatic carbocycles. The van der Waals surface area contributed by atoms with E-state index in [9.17, 15) is 0 Å². The molecule has 0 saturated carbocycles. The first-order valence-electron chi connectivity index (χ1n) is 1.99. The molecule has 0 radical (unpaired) electrons. The predicted molar refractivity (Wildman–Crippen MR) is 33.9 cm³/mol. The van der Waals surface area contributed by atoms with Crippen molar-refractivity contribution >= 4 is 45.5 Å². The summed E-state index contributed by atoms with van der Waals surface area (Å²) < 4.78 is 0. The number of nitrogens with zero attached hydrogens (tertiary/aromatic N) is 1. The minimum atomic E-state index is -0.315. The zero-order valence-electron chi connectivity index (χ0n) is 4.47. The Hall–Kier alpha value is 1.40. The van der Waals surface area contributed by atoms with Gasteiger partial charge in [0.15, 0.2) is 0 Å². The quantitative estimate of drug-likeness (QED) is 0.410. The fourth-order valence-electron chi connectivity index (χ4n) is 0. The molecule has 0 amide bonds. The van der Waals surface area contributed by atoms with Gasteiger partial charge in [-0.05, 0) is 21.0 Å². The molecule has 0 spiro atoms. The first-order valence-corrected chi connectivity index (χ1v) is 1.99. The zero-order chi connectivity index (χ0) is 5.15. The number of rotatable bonds is 1. The van der Waals surface area contributed by atoms with Crippen molar-refractivity contribution in [1.82, 2.24) is 4.90 Å². The van der Waals surface area contributed by atoms with E-state index in [1.807, 2.05) is 14.1 Å². The van der Waals surface area contributed by atoms with Crippen LogP contribution in [0.2, 0.25) is 0 Å². The topological polar surface area (TPSA) is 23.5 Å². The Kier molecular flexibility index (Phi) is 8.88. The Balaban J connectivity index is 0. The van der Waals surface area contributed by atoms with E-state index in [0.717, 1.165) is 0 Å². The summed E-state index contributed by atoms with van der Waals surface area (Å²) in [5.74, 6) is 0. The summed E-state index contributed by atoms with van der Waals surface area (Å²) in [7, 11) is 3.65. The molecule has 1 unspecified atom stereocenters. The fraction of sp³-hybridized carbons (Fsp3) is 1.00. The maximum atomic E-state index is 8.56.